The number of carbonyl (C=O) groups is 1. The third-order valence-electron chi connectivity index (χ3n) is 5.04. The maximum Gasteiger partial charge on any atom is 0.387 e. The number of nitrogens with one attached hydrogen (secondary N) is 1. The van der Waals surface area contributed by atoms with Gasteiger partial charge in [-0.3, -0.25) is 9.69 Å². The second-order valence-corrected chi connectivity index (χ2v) is 7.56. The molecule has 1 aliphatic heterocycles. The van der Waals surface area contributed by atoms with Gasteiger partial charge < -0.3 is 19.7 Å². The fourth-order valence-corrected chi connectivity index (χ4v) is 3.39. The van der Waals surface area contributed by atoms with E-state index < -0.39 is 19.1 Å². The number of ether oxygens (including phenoxy) is 2. The number of piperazine rings is 1. The van der Waals surface area contributed by atoms with E-state index >= 15 is 0 Å². The standard InChI is InChI=1S/C23H25F4N3O3/c1-29-9-11-30(12-10-29)15-16-3-2-4-18(13-16)28-21(31)8-6-17-5-7-19(32-22(24)25)14-20(17)33-23(26)27/h2-8,13-14,22-23H,9-12,15H2,1H3,(H,28,31)/b8-6+. The topological polar surface area (TPSA) is 54.0 Å². The number of hydrogen-bond donors (Lipinski definition) is 1. The van der Waals surface area contributed by atoms with Gasteiger partial charge in [-0.25, -0.2) is 0 Å². The van der Waals surface area contributed by atoms with Crippen molar-refractivity contribution in [3.8, 4) is 11.5 Å². The molecule has 1 fully saturated rings. The highest BCUT2D eigenvalue weighted by molar-refractivity contribution is 6.02. The number of carbonyl (C=O) groups excluding carboxylic acids is 1. The highest BCUT2D eigenvalue weighted by Gasteiger charge is 2.15. The lowest BCUT2D eigenvalue weighted by Gasteiger charge is -2.32. The third-order valence-corrected chi connectivity index (χ3v) is 5.04. The van der Waals surface area contributed by atoms with Gasteiger partial charge in [0.25, 0.3) is 0 Å². The molecule has 33 heavy (non-hydrogen) atoms. The molecule has 0 aromatic heterocycles. The Kier molecular flexibility index (Phi) is 8.67. The monoisotopic (exact) mass is 467 g/mol. The molecule has 0 spiro atoms. The van der Waals surface area contributed by atoms with Gasteiger partial charge >= 0.3 is 13.2 Å². The van der Waals surface area contributed by atoms with Gasteiger partial charge in [-0.2, -0.15) is 17.6 Å². The Labute approximate surface area is 189 Å². The fourth-order valence-electron chi connectivity index (χ4n) is 3.39. The SMILES string of the molecule is CN1CCN(Cc2cccc(NC(=O)/C=C/c3ccc(OC(F)F)cc3OC(F)F)c2)CC1. The van der Waals surface area contributed by atoms with Gasteiger partial charge in [-0.05, 0) is 43.0 Å². The van der Waals surface area contributed by atoms with Crippen LogP contribution in [0.25, 0.3) is 6.08 Å². The third kappa shape index (κ3) is 8.07. The van der Waals surface area contributed by atoms with Gasteiger partial charge in [0.2, 0.25) is 5.91 Å². The van der Waals surface area contributed by atoms with Gasteiger partial charge in [-0.15, -0.1) is 0 Å². The first kappa shape index (κ1) is 24.5. The molecule has 0 aliphatic carbocycles. The van der Waals surface area contributed by atoms with Crippen molar-refractivity contribution in [1.29, 1.82) is 0 Å². The van der Waals surface area contributed by atoms with Gasteiger partial charge in [0.1, 0.15) is 11.5 Å². The van der Waals surface area contributed by atoms with Crippen LogP contribution in [0.4, 0.5) is 23.2 Å². The Bertz CT molecular complexity index is 964. The smallest absolute Gasteiger partial charge is 0.387 e. The van der Waals surface area contributed by atoms with Gasteiger partial charge in [0.05, 0.1) is 0 Å². The van der Waals surface area contributed by atoms with E-state index in [4.69, 9.17) is 0 Å². The fraction of sp³-hybridized carbons (Fsp3) is 0.348. The van der Waals surface area contributed by atoms with Crippen LogP contribution in [0.5, 0.6) is 11.5 Å². The van der Waals surface area contributed by atoms with Crippen molar-refractivity contribution >= 4 is 17.7 Å². The number of benzene rings is 2. The minimum atomic E-state index is -3.17. The van der Waals surface area contributed by atoms with Gasteiger partial charge in [0.15, 0.2) is 0 Å². The average Bonchev–Trinajstić information content (AvgIpc) is 2.74. The molecule has 178 valence electrons. The maximum atomic E-state index is 12.7. The summed E-state index contributed by atoms with van der Waals surface area (Å²) in [6, 6.07) is 10.8. The van der Waals surface area contributed by atoms with Gasteiger partial charge in [0, 0.05) is 56.1 Å². The van der Waals surface area contributed by atoms with E-state index in [9.17, 15) is 22.4 Å². The summed E-state index contributed by atoms with van der Waals surface area (Å²) in [5.41, 5.74) is 1.76. The molecule has 0 radical (unpaired) electrons. The molecule has 0 saturated carbocycles. The first-order valence-corrected chi connectivity index (χ1v) is 10.3. The van der Waals surface area contributed by atoms with Crippen molar-refractivity contribution in [1.82, 2.24) is 9.80 Å². The first-order valence-electron chi connectivity index (χ1n) is 10.3. The van der Waals surface area contributed by atoms with E-state index in [1.165, 1.54) is 18.2 Å². The number of halogens is 4. The van der Waals surface area contributed by atoms with Crippen LogP contribution in [0.15, 0.2) is 48.5 Å². The average molecular weight is 467 g/mol. The summed E-state index contributed by atoms with van der Waals surface area (Å²) in [4.78, 5) is 17.0. The maximum absolute atomic E-state index is 12.7. The number of rotatable bonds is 9. The van der Waals surface area contributed by atoms with Crippen LogP contribution in [0, 0.1) is 0 Å². The summed E-state index contributed by atoms with van der Waals surface area (Å²) in [6.07, 6.45) is 2.40. The molecule has 1 saturated heterocycles. The Morgan fingerprint density at radius 1 is 1.03 bits per heavy atom. The zero-order chi connectivity index (χ0) is 23.8. The number of likely N-dealkylation sites (N-methyl/N-ethyl adjacent to an activating group) is 1. The zero-order valence-corrected chi connectivity index (χ0v) is 18.0. The summed E-state index contributed by atoms with van der Waals surface area (Å²) < 4.78 is 58.7. The molecule has 1 aliphatic rings. The second-order valence-electron chi connectivity index (χ2n) is 7.56. The number of amides is 1. The highest BCUT2D eigenvalue weighted by atomic mass is 19.3. The summed E-state index contributed by atoms with van der Waals surface area (Å²) in [5, 5.41) is 2.73. The zero-order valence-electron chi connectivity index (χ0n) is 18.0. The van der Waals surface area contributed by atoms with Crippen molar-refractivity contribution < 1.29 is 31.8 Å². The molecule has 2 aromatic rings. The lowest BCUT2D eigenvalue weighted by molar-refractivity contribution is -0.111. The van der Waals surface area contributed by atoms with E-state index in [1.54, 1.807) is 6.07 Å². The predicted octanol–water partition coefficient (Wildman–Crippen LogP) is 4.29. The minimum absolute atomic E-state index is 0.107. The van der Waals surface area contributed by atoms with Crippen LogP contribution in [-0.4, -0.2) is 62.2 Å². The van der Waals surface area contributed by atoms with Crippen molar-refractivity contribution in [2.24, 2.45) is 0 Å². The van der Waals surface area contributed by atoms with Crippen molar-refractivity contribution in [3.05, 3.63) is 59.7 Å². The molecule has 3 rings (SSSR count). The summed E-state index contributed by atoms with van der Waals surface area (Å²) >= 11 is 0. The van der Waals surface area contributed by atoms with Gasteiger partial charge in [-0.1, -0.05) is 12.1 Å². The van der Waals surface area contributed by atoms with Crippen LogP contribution in [-0.2, 0) is 11.3 Å². The molecule has 1 N–H and O–H groups in total. The number of nitrogens with zero attached hydrogens (tertiary/aromatic N) is 2. The number of anilines is 1. The molecule has 1 heterocycles. The van der Waals surface area contributed by atoms with Crippen LogP contribution in [0.2, 0.25) is 0 Å². The van der Waals surface area contributed by atoms with E-state index in [-0.39, 0.29) is 17.1 Å². The normalized spacial score (nSPS) is 15.4. The van der Waals surface area contributed by atoms with Crippen LogP contribution >= 0.6 is 0 Å². The lowest BCUT2D eigenvalue weighted by Crippen LogP contribution is -2.43. The predicted molar refractivity (Wildman–Crippen MR) is 117 cm³/mol. The molecule has 0 atom stereocenters. The van der Waals surface area contributed by atoms with Crippen molar-refractivity contribution in [3.63, 3.8) is 0 Å². The Balaban J connectivity index is 1.63. The first-order chi connectivity index (χ1) is 15.8. The Morgan fingerprint density at radius 2 is 1.76 bits per heavy atom. The molecule has 1 amide bonds. The van der Waals surface area contributed by atoms with Crippen LogP contribution in [0.3, 0.4) is 0 Å². The Hall–Kier alpha value is -3.11. The quantitative estimate of drug-likeness (QED) is 0.441. The molecule has 6 nitrogen and oxygen atoms in total. The second kappa shape index (κ2) is 11.7. The van der Waals surface area contributed by atoms with E-state index in [0.717, 1.165) is 50.4 Å². The van der Waals surface area contributed by atoms with Crippen molar-refractivity contribution in [2.75, 3.05) is 38.5 Å². The molecule has 0 unspecified atom stereocenters. The van der Waals surface area contributed by atoms with Crippen molar-refractivity contribution in [2.45, 2.75) is 19.8 Å². The molecular formula is C23H25F4N3O3. The van der Waals surface area contributed by atoms with E-state index in [1.807, 2.05) is 18.2 Å². The summed E-state index contributed by atoms with van der Waals surface area (Å²) in [5.74, 6) is -1.21. The minimum Gasteiger partial charge on any atom is -0.435 e. The molecule has 0 bridgehead atoms. The summed E-state index contributed by atoms with van der Waals surface area (Å²) in [7, 11) is 2.09. The summed E-state index contributed by atoms with van der Waals surface area (Å²) in [6.45, 7) is -1.55. The van der Waals surface area contributed by atoms with E-state index in [0.29, 0.717) is 5.69 Å². The van der Waals surface area contributed by atoms with Crippen LogP contribution < -0.4 is 14.8 Å². The molecule has 2 aromatic carbocycles. The lowest BCUT2D eigenvalue weighted by atomic mass is 10.1. The largest absolute Gasteiger partial charge is 0.435 e. The number of hydrogen-bond acceptors (Lipinski definition) is 5. The van der Waals surface area contributed by atoms with E-state index in [2.05, 4.69) is 31.6 Å². The molecular weight excluding hydrogens is 442 g/mol. The number of alkyl halides is 4. The highest BCUT2D eigenvalue weighted by Crippen LogP contribution is 2.28. The Morgan fingerprint density at radius 3 is 2.45 bits per heavy atom. The molecule has 10 heteroatoms. The van der Waals surface area contributed by atoms with Crippen LogP contribution in [0.1, 0.15) is 11.1 Å².